The number of para-hydroxylation sites is 1. The van der Waals surface area contributed by atoms with Crippen LogP contribution >= 0.6 is 0 Å². The maximum atomic E-state index is 12.4. The lowest BCUT2D eigenvalue weighted by atomic mass is 9.96. The van der Waals surface area contributed by atoms with Crippen LogP contribution in [0.15, 0.2) is 42.5 Å². The Morgan fingerprint density at radius 1 is 1.15 bits per heavy atom. The van der Waals surface area contributed by atoms with E-state index in [2.05, 4.69) is 13.8 Å². The molecular formula is C22H27NO3. The summed E-state index contributed by atoms with van der Waals surface area (Å²) in [5, 5.41) is 10.9. The second-order valence-electron chi connectivity index (χ2n) is 7.38. The fourth-order valence-corrected chi connectivity index (χ4v) is 3.54. The zero-order valence-electron chi connectivity index (χ0n) is 16.0. The maximum absolute atomic E-state index is 12.4. The number of rotatable bonds is 5. The third kappa shape index (κ3) is 3.47. The molecular weight excluding hydrogens is 326 g/mol. The van der Waals surface area contributed by atoms with E-state index >= 15 is 0 Å². The second kappa shape index (κ2) is 7.12. The van der Waals surface area contributed by atoms with Gasteiger partial charge in [0.2, 0.25) is 0 Å². The van der Waals surface area contributed by atoms with Gasteiger partial charge < -0.3 is 14.7 Å². The standard InChI is InChI=1S/C22H27NO3/c1-5-23(6-2)21(25)16-12-10-15(11-13-16)19(24)18-9-7-8-17-14-22(3,4)26-20(17)18/h7-13,19,24H,5-6,14H2,1-4H3. The molecule has 1 heterocycles. The van der Waals surface area contributed by atoms with Crippen LogP contribution < -0.4 is 4.74 Å². The number of nitrogens with zero attached hydrogens (tertiary/aromatic N) is 1. The molecule has 1 amide bonds. The topological polar surface area (TPSA) is 49.8 Å². The van der Waals surface area contributed by atoms with Crippen LogP contribution in [-0.4, -0.2) is 34.6 Å². The van der Waals surface area contributed by atoms with E-state index in [-0.39, 0.29) is 11.5 Å². The van der Waals surface area contributed by atoms with Crippen LogP contribution in [0.5, 0.6) is 5.75 Å². The van der Waals surface area contributed by atoms with Gasteiger partial charge in [-0.3, -0.25) is 4.79 Å². The average Bonchev–Trinajstić information content (AvgIpc) is 2.96. The van der Waals surface area contributed by atoms with Crippen LogP contribution in [0.1, 0.15) is 60.8 Å². The zero-order valence-corrected chi connectivity index (χ0v) is 16.0. The van der Waals surface area contributed by atoms with Crippen LogP contribution in [0, 0.1) is 0 Å². The van der Waals surface area contributed by atoms with E-state index in [4.69, 9.17) is 4.74 Å². The Hall–Kier alpha value is -2.33. The first-order valence-corrected chi connectivity index (χ1v) is 9.24. The molecule has 1 aliphatic heterocycles. The van der Waals surface area contributed by atoms with Gasteiger partial charge in [0.1, 0.15) is 17.5 Å². The van der Waals surface area contributed by atoms with Gasteiger partial charge in [-0.2, -0.15) is 0 Å². The van der Waals surface area contributed by atoms with Gasteiger partial charge in [0.25, 0.3) is 5.91 Å². The van der Waals surface area contributed by atoms with Crippen molar-refractivity contribution < 1.29 is 14.6 Å². The molecule has 0 fully saturated rings. The molecule has 0 aromatic heterocycles. The molecule has 1 aliphatic rings. The summed E-state index contributed by atoms with van der Waals surface area (Å²) >= 11 is 0. The highest BCUT2D eigenvalue weighted by molar-refractivity contribution is 5.94. The molecule has 1 N–H and O–H groups in total. The number of aliphatic hydroxyl groups excluding tert-OH is 1. The molecule has 4 nitrogen and oxygen atoms in total. The summed E-state index contributed by atoms with van der Waals surface area (Å²) in [4.78, 5) is 14.2. The van der Waals surface area contributed by atoms with Gasteiger partial charge in [-0.05, 0) is 51.0 Å². The number of amides is 1. The first-order chi connectivity index (χ1) is 12.4. The maximum Gasteiger partial charge on any atom is 0.253 e. The van der Waals surface area contributed by atoms with Crippen molar-refractivity contribution in [2.75, 3.05) is 13.1 Å². The van der Waals surface area contributed by atoms with Gasteiger partial charge >= 0.3 is 0 Å². The normalized spacial score (nSPS) is 15.9. The van der Waals surface area contributed by atoms with Crippen molar-refractivity contribution in [3.05, 3.63) is 64.7 Å². The lowest BCUT2D eigenvalue weighted by Crippen LogP contribution is -2.30. The molecule has 1 unspecified atom stereocenters. The van der Waals surface area contributed by atoms with Gasteiger partial charge in [-0.15, -0.1) is 0 Å². The smallest absolute Gasteiger partial charge is 0.253 e. The SMILES string of the molecule is CCN(CC)C(=O)c1ccc(C(O)c2cccc3c2OC(C)(C)C3)cc1. The van der Waals surface area contributed by atoms with Crippen molar-refractivity contribution in [1.82, 2.24) is 4.90 Å². The van der Waals surface area contributed by atoms with Gasteiger partial charge in [0, 0.05) is 30.6 Å². The zero-order chi connectivity index (χ0) is 18.9. The molecule has 138 valence electrons. The first-order valence-electron chi connectivity index (χ1n) is 9.24. The van der Waals surface area contributed by atoms with E-state index in [1.54, 1.807) is 17.0 Å². The molecule has 0 radical (unpaired) electrons. The van der Waals surface area contributed by atoms with Crippen molar-refractivity contribution in [3.63, 3.8) is 0 Å². The van der Waals surface area contributed by atoms with Crippen LogP contribution in [0.4, 0.5) is 0 Å². The number of hydrogen-bond donors (Lipinski definition) is 1. The Morgan fingerprint density at radius 3 is 2.42 bits per heavy atom. The lowest BCUT2D eigenvalue weighted by molar-refractivity contribution is 0.0772. The van der Waals surface area contributed by atoms with Crippen LogP contribution in [0.2, 0.25) is 0 Å². The summed E-state index contributed by atoms with van der Waals surface area (Å²) in [6.07, 6.45) is 0.0525. The molecule has 4 heteroatoms. The van der Waals surface area contributed by atoms with E-state index in [1.807, 2.05) is 44.2 Å². The Morgan fingerprint density at radius 2 is 1.81 bits per heavy atom. The Kier molecular flexibility index (Phi) is 5.05. The Labute approximate surface area is 155 Å². The summed E-state index contributed by atoms with van der Waals surface area (Å²) in [5.41, 5.74) is 3.04. The van der Waals surface area contributed by atoms with Crippen LogP contribution in [-0.2, 0) is 6.42 Å². The van der Waals surface area contributed by atoms with Crippen molar-refractivity contribution in [2.45, 2.75) is 45.8 Å². The predicted molar refractivity (Wildman–Crippen MR) is 103 cm³/mol. The number of benzene rings is 2. The molecule has 0 saturated heterocycles. The molecule has 3 rings (SSSR count). The highest BCUT2D eigenvalue weighted by atomic mass is 16.5. The average molecular weight is 353 g/mol. The van der Waals surface area contributed by atoms with Crippen LogP contribution in [0.25, 0.3) is 0 Å². The monoisotopic (exact) mass is 353 g/mol. The largest absolute Gasteiger partial charge is 0.487 e. The van der Waals surface area contributed by atoms with E-state index < -0.39 is 6.10 Å². The molecule has 0 saturated carbocycles. The molecule has 2 aromatic rings. The summed E-state index contributed by atoms with van der Waals surface area (Å²) < 4.78 is 6.07. The third-order valence-electron chi connectivity index (χ3n) is 4.94. The van der Waals surface area contributed by atoms with E-state index in [1.165, 1.54) is 0 Å². The molecule has 26 heavy (non-hydrogen) atoms. The summed E-state index contributed by atoms with van der Waals surface area (Å²) in [5.74, 6) is 0.801. The Balaban J connectivity index is 1.85. The molecule has 0 aliphatic carbocycles. The van der Waals surface area contributed by atoms with Crippen molar-refractivity contribution in [2.24, 2.45) is 0 Å². The van der Waals surface area contributed by atoms with Gasteiger partial charge in [-0.1, -0.05) is 30.3 Å². The van der Waals surface area contributed by atoms with E-state index in [0.717, 1.165) is 28.9 Å². The fraction of sp³-hybridized carbons (Fsp3) is 0.409. The number of hydrogen-bond acceptors (Lipinski definition) is 3. The van der Waals surface area contributed by atoms with Crippen molar-refractivity contribution >= 4 is 5.91 Å². The highest BCUT2D eigenvalue weighted by Crippen LogP contribution is 2.41. The minimum absolute atomic E-state index is 0.0155. The first kappa shape index (κ1) is 18.5. The van der Waals surface area contributed by atoms with Crippen LogP contribution in [0.3, 0.4) is 0 Å². The molecule has 1 atom stereocenters. The van der Waals surface area contributed by atoms with Gasteiger partial charge in [0.05, 0.1) is 0 Å². The number of aliphatic hydroxyl groups is 1. The fourth-order valence-electron chi connectivity index (χ4n) is 3.54. The lowest BCUT2D eigenvalue weighted by Gasteiger charge is -2.21. The number of ether oxygens (including phenoxy) is 1. The summed E-state index contributed by atoms with van der Waals surface area (Å²) in [6, 6.07) is 13.1. The minimum atomic E-state index is -0.781. The van der Waals surface area contributed by atoms with E-state index in [0.29, 0.717) is 18.7 Å². The Bertz CT molecular complexity index is 792. The predicted octanol–water partition coefficient (Wildman–Crippen LogP) is 3.96. The summed E-state index contributed by atoms with van der Waals surface area (Å²) in [6.45, 7) is 9.41. The van der Waals surface area contributed by atoms with Crippen molar-refractivity contribution in [3.8, 4) is 5.75 Å². The van der Waals surface area contributed by atoms with E-state index in [9.17, 15) is 9.90 Å². The van der Waals surface area contributed by atoms with Crippen molar-refractivity contribution in [1.29, 1.82) is 0 Å². The highest BCUT2D eigenvalue weighted by Gasteiger charge is 2.33. The van der Waals surface area contributed by atoms with Gasteiger partial charge in [0.15, 0.2) is 0 Å². The third-order valence-corrected chi connectivity index (χ3v) is 4.94. The molecule has 2 aromatic carbocycles. The number of fused-ring (bicyclic) bond motifs is 1. The number of carbonyl (C=O) groups excluding carboxylic acids is 1. The molecule has 0 spiro atoms. The summed E-state index contributed by atoms with van der Waals surface area (Å²) in [7, 11) is 0. The second-order valence-corrected chi connectivity index (χ2v) is 7.38. The molecule has 0 bridgehead atoms. The number of carbonyl (C=O) groups is 1. The van der Waals surface area contributed by atoms with Gasteiger partial charge in [-0.25, -0.2) is 0 Å². The minimum Gasteiger partial charge on any atom is -0.487 e. The quantitative estimate of drug-likeness (QED) is 0.885.